The number of para-hydroxylation sites is 1. The van der Waals surface area contributed by atoms with Crippen LogP contribution in [0.25, 0.3) is 10.2 Å². The van der Waals surface area contributed by atoms with Crippen molar-refractivity contribution in [3.8, 4) is 11.5 Å². The molecule has 0 saturated carbocycles. The molecule has 1 aromatic heterocycles. The van der Waals surface area contributed by atoms with Gasteiger partial charge < -0.3 is 14.8 Å². The van der Waals surface area contributed by atoms with Crippen LogP contribution < -0.4 is 20.1 Å². The maximum atomic E-state index is 12.7. The standard InChI is InChI=1S/C23H19N3O4S/c1-29-17-11-7-6-10-16(17)22(28)24-15-12-18(30-2)20-19(13-15)31-23(25-20)26-21(27)14-8-4-3-5-9-14/h3-13H,1-2H3,(H,24,28)(H,25,26,27). The fraction of sp³-hybridized carbons (Fsp3) is 0.0870. The number of ether oxygens (including phenoxy) is 2. The van der Waals surface area contributed by atoms with Crippen LogP contribution in [0.15, 0.2) is 66.7 Å². The monoisotopic (exact) mass is 433 g/mol. The Bertz CT molecular complexity index is 1250. The summed E-state index contributed by atoms with van der Waals surface area (Å²) in [5, 5.41) is 6.12. The summed E-state index contributed by atoms with van der Waals surface area (Å²) in [6, 6.07) is 19.4. The van der Waals surface area contributed by atoms with Gasteiger partial charge >= 0.3 is 0 Å². The van der Waals surface area contributed by atoms with Gasteiger partial charge in [-0.25, -0.2) is 4.98 Å². The van der Waals surface area contributed by atoms with Gasteiger partial charge in [-0.15, -0.1) is 0 Å². The predicted octanol–water partition coefficient (Wildman–Crippen LogP) is 4.82. The van der Waals surface area contributed by atoms with Crippen molar-refractivity contribution in [3.05, 3.63) is 77.9 Å². The van der Waals surface area contributed by atoms with Crippen molar-refractivity contribution in [1.29, 1.82) is 0 Å². The van der Waals surface area contributed by atoms with E-state index >= 15 is 0 Å². The molecule has 0 spiro atoms. The number of hydrogen-bond acceptors (Lipinski definition) is 6. The highest BCUT2D eigenvalue weighted by Gasteiger charge is 2.16. The van der Waals surface area contributed by atoms with Crippen molar-refractivity contribution in [2.75, 3.05) is 24.9 Å². The van der Waals surface area contributed by atoms with Crippen LogP contribution >= 0.6 is 11.3 Å². The Morgan fingerprint density at radius 2 is 1.55 bits per heavy atom. The first-order valence-corrected chi connectivity index (χ1v) is 10.2. The van der Waals surface area contributed by atoms with E-state index in [0.717, 1.165) is 4.70 Å². The fourth-order valence-electron chi connectivity index (χ4n) is 3.07. The SMILES string of the molecule is COc1ccccc1C(=O)Nc1cc(OC)c2nc(NC(=O)c3ccccc3)sc2c1. The Balaban J connectivity index is 1.61. The molecule has 31 heavy (non-hydrogen) atoms. The zero-order valence-corrected chi connectivity index (χ0v) is 17.7. The van der Waals surface area contributed by atoms with E-state index < -0.39 is 0 Å². The van der Waals surface area contributed by atoms with E-state index in [4.69, 9.17) is 9.47 Å². The van der Waals surface area contributed by atoms with Crippen LogP contribution in [-0.2, 0) is 0 Å². The first-order valence-electron chi connectivity index (χ1n) is 9.38. The quantitative estimate of drug-likeness (QED) is 0.455. The lowest BCUT2D eigenvalue weighted by Gasteiger charge is -2.10. The molecule has 156 valence electrons. The molecule has 0 atom stereocenters. The van der Waals surface area contributed by atoms with Crippen LogP contribution in [0, 0.1) is 0 Å². The molecule has 2 N–H and O–H groups in total. The maximum absolute atomic E-state index is 12.7. The highest BCUT2D eigenvalue weighted by Crippen LogP contribution is 2.36. The second-order valence-electron chi connectivity index (χ2n) is 6.52. The Labute approximate surface area is 182 Å². The van der Waals surface area contributed by atoms with E-state index in [1.807, 2.05) is 6.07 Å². The van der Waals surface area contributed by atoms with Crippen LogP contribution in [0.4, 0.5) is 10.8 Å². The molecule has 0 aliphatic rings. The lowest BCUT2D eigenvalue weighted by molar-refractivity contribution is 0.101. The number of nitrogens with zero attached hydrogens (tertiary/aromatic N) is 1. The van der Waals surface area contributed by atoms with Gasteiger partial charge in [0.1, 0.15) is 17.0 Å². The Kier molecular flexibility index (Phi) is 5.81. The zero-order chi connectivity index (χ0) is 21.8. The Morgan fingerprint density at radius 1 is 0.839 bits per heavy atom. The number of thiazole rings is 1. The molecular formula is C23H19N3O4S. The van der Waals surface area contributed by atoms with Gasteiger partial charge in [0, 0.05) is 17.3 Å². The molecule has 4 aromatic rings. The minimum absolute atomic E-state index is 0.247. The predicted molar refractivity (Wildman–Crippen MR) is 122 cm³/mol. The summed E-state index contributed by atoms with van der Waals surface area (Å²) in [6.07, 6.45) is 0. The van der Waals surface area contributed by atoms with Gasteiger partial charge in [-0.1, -0.05) is 41.7 Å². The summed E-state index contributed by atoms with van der Waals surface area (Å²) in [5.74, 6) is 0.422. The van der Waals surface area contributed by atoms with E-state index in [-0.39, 0.29) is 11.8 Å². The fourth-order valence-corrected chi connectivity index (χ4v) is 3.99. The van der Waals surface area contributed by atoms with Crippen LogP contribution in [-0.4, -0.2) is 31.0 Å². The van der Waals surface area contributed by atoms with Gasteiger partial charge in [-0.05, 0) is 30.3 Å². The molecule has 0 aliphatic carbocycles. The van der Waals surface area contributed by atoms with Gasteiger partial charge in [0.15, 0.2) is 5.13 Å². The second kappa shape index (κ2) is 8.85. The molecule has 0 aliphatic heterocycles. The second-order valence-corrected chi connectivity index (χ2v) is 7.55. The average molecular weight is 433 g/mol. The summed E-state index contributed by atoms with van der Waals surface area (Å²) < 4.78 is 11.5. The molecule has 4 rings (SSSR count). The lowest BCUT2D eigenvalue weighted by atomic mass is 10.2. The van der Waals surface area contributed by atoms with Crippen LogP contribution in [0.1, 0.15) is 20.7 Å². The third-order valence-electron chi connectivity index (χ3n) is 4.55. The van der Waals surface area contributed by atoms with Gasteiger partial charge in [0.2, 0.25) is 0 Å². The summed E-state index contributed by atoms with van der Waals surface area (Å²) in [7, 11) is 3.05. The molecule has 0 radical (unpaired) electrons. The first kappa shape index (κ1) is 20.4. The van der Waals surface area contributed by atoms with Crippen LogP contribution in [0.2, 0.25) is 0 Å². The molecule has 3 aromatic carbocycles. The number of carbonyl (C=O) groups is 2. The summed E-state index contributed by atoms with van der Waals surface area (Å²) in [5.41, 5.74) is 2.11. The first-order chi connectivity index (χ1) is 15.1. The van der Waals surface area contributed by atoms with Gasteiger partial charge in [-0.3, -0.25) is 14.9 Å². The molecule has 7 nitrogen and oxygen atoms in total. The molecule has 0 fully saturated rings. The minimum Gasteiger partial charge on any atom is -0.496 e. The van der Waals surface area contributed by atoms with Crippen molar-refractivity contribution in [3.63, 3.8) is 0 Å². The van der Waals surface area contributed by atoms with Crippen molar-refractivity contribution in [2.45, 2.75) is 0 Å². The number of carbonyl (C=O) groups excluding carboxylic acids is 2. The highest BCUT2D eigenvalue weighted by molar-refractivity contribution is 7.22. The Morgan fingerprint density at radius 3 is 2.29 bits per heavy atom. The van der Waals surface area contributed by atoms with E-state index in [9.17, 15) is 9.59 Å². The summed E-state index contributed by atoms with van der Waals surface area (Å²) in [4.78, 5) is 29.7. The molecule has 0 bridgehead atoms. The van der Waals surface area contributed by atoms with E-state index in [2.05, 4.69) is 15.6 Å². The van der Waals surface area contributed by atoms with Gasteiger partial charge in [-0.2, -0.15) is 0 Å². The zero-order valence-electron chi connectivity index (χ0n) is 16.8. The van der Waals surface area contributed by atoms with E-state index in [0.29, 0.717) is 39.0 Å². The molecule has 8 heteroatoms. The van der Waals surface area contributed by atoms with Crippen molar-refractivity contribution in [2.24, 2.45) is 0 Å². The lowest BCUT2D eigenvalue weighted by Crippen LogP contribution is -2.13. The van der Waals surface area contributed by atoms with Gasteiger partial charge in [0.25, 0.3) is 11.8 Å². The third-order valence-corrected chi connectivity index (χ3v) is 5.46. The number of anilines is 2. The number of rotatable bonds is 6. The molecule has 2 amide bonds. The molecule has 1 heterocycles. The van der Waals surface area contributed by atoms with Crippen LogP contribution in [0.5, 0.6) is 11.5 Å². The number of amides is 2. The van der Waals surface area contributed by atoms with Crippen molar-refractivity contribution in [1.82, 2.24) is 4.98 Å². The smallest absolute Gasteiger partial charge is 0.259 e. The molecule has 0 unspecified atom stereocenters. The maximum Gasteiger partial charge on any atom is 0.259 e. The summed E-state index contributed by atoms with van der Waals surface area (Å²) >= 11 is 1.30. The number of benzene rings is 3. The number of fused-ring (bicyclic) bond motifs is 1. The van der Waals surface area contributed by atoms with Crippen molar-refractivity contribution >= 4 is 44.2 Å². The molecular weight excluding hydrogens is 414 g/mol. The molecule has 0 saturated heterocycles. The van der Waals surface area contributed by atoms with E-state index in [1.54, 1.807) is 60.7 Å². The van der Waals surface area contributed by atoms with Crippen molar-refractivity contribution < 1.29 is 19.1 Å². The number of methoxy groups -OCH3 is 2. The Hall–Kier alpha value is -3.91. The number of aromatic nitrogens is 1. The van der Waals surface area contributed by atoms with Gasteiger partial charge in [0.05, 0.1) is 24.5 Å². The topological polar surface area (TPSA) is 89.6 Å². The number of nitrogens with one attached hydrogen (secondary N) is 2. The largest absolute Gasteiger partial charge is 0.496 e. The minimum atomic E-state index is -0.305. The third kappa shape index (κ3) is 4.34. The van der Waals surface area contributed by atoms with Crippen LogP contribution in [0.3, 0.4) is 0 Å². The number of hydrogen-bond donors (Lipinski definition) is 2. The normalized spacial score (nSPS) is 10.5. The highest BCUT2D eigenvalue weighted by atomic mass is 32.1. The summed E-state index contributed by atoms with van der Waals surface area (Å²) in [6.45, 7) is 0. The van der Waals surface area contributed by atoms with E-state index in [1.165, 1.54) is 25.6 Å². The average Bonchev–Trinajstić information content (AvgIpc) is 3.21.